The molecule has 0 heterocycles. The minimum atomic E-state index is -1.76. The van der Waals surface area contributed by atoms with Crippen LogP contribution in [-0.2, 0) is 16.1 Å². The van der Waals surface area contributed by atoms with Gasteiger partial charge in [0.15, 0.2) is 11.6 Å². The lowest BCUT2D eigenvalue weighted by Gasteiger charge is -2.20. The third-order valence-corrected chi connectivity index (χ3v) is 4.84. The summed E-state index contributed by atoms with van der Waals surface area (Å²) in [7, 11) is 0. The van der Waals surface area contributed by atoms with Crippen LogP contribution in [0.1, 0.15) is 39.6 Å². The van der Waals surface area contributed by atoms with Gasteiger partial charge in [-0.1, -0.05) is 77.3 Å². The summed E-state index contributed by atoms with van der Waals surface area (Å²) >= 11 is 16.6. The van der Waals surface area contributed by atoms with Crippen LogP contribution in [0.25, 0.3) is 0 Å². The molecule has 168 valence electrons. The van der Waals surface area contributed by atoms with Crippen molar-refractivity contribution in [1.29, 1.82) is 0 Å². The highest BCUT2D eigenvalue weighted by Crippen LogP contribution is 2.32. The van der Waals surface area contributed by atoms with E-state index in [1.165, 1.54) is 6.08 Å². The molecular weight excluding hydrogens is 479 g/mol. The van der Waals surface area contributed by atoms with Crippen molar-refractivity contribution in [2.45, 2.75) is 29.8 Å². The van der Waals surface area contributed by atoms with Crippen molar-refractivity contribution < 1.29 is 28.6 Å². The van der Waals surface area contributed by atoms with Crippen LogP contribution in [0.2, 0.25) is 0 Å². The van der Waals surface area contributed by atoms with Gasteiger partial charge in [0, 0.05) is 17.6 Å². The summed E-state index contributed by atoms with van der Waals surface area (Å²) in [5.41, 5.74) is 1.60. The molecule has 2 aromatic carbocycles. The van der Waals surface area contributed by atoms with Crippen LogP contribution in [0.5, 0.6) is 5.75 Å². The standard InChI is InChI=1S/C23H19Cl3O6/c1-14(32-22(29)31-13-23(24,25)26)10-16-11-18(27)20-17(21(16)28)8-5-9-19(20)30-12-15-6-3-2-4-7-15/h2-9,11,14H,10,12-13H2,1H3/t14-/m1/s1. The highest BCUT2D eigenvalue weighted by Gasteiger charge is 2.30. The van der Waals surface area contributed by atoms with E-state index in [4.69, 9.17) is 49.0 Å². The molecule has 3 rings (SSSR count). The summed E-state index contributed by atoms with van der Waals surface area (Å²) in [5, 5.41) is 0. The molecule has 9 heteroatoms. The Labute approximate surface area is 200 Å². The van der Waals surface area contributed by atoms with Crippen molar-refractivity contribution in [2.24, 2.45) is 0 Å². The van der Waals surface area contributed by atoms with Crippen molar-refractivity contribution in [3.8, 4) is 5.75 Å². The van der Waals surface area contributed by atoms with Crippen molar-refractivity contribution in [2.75, 3.05) is 6.61 Å². The molecular formula is C23H19Cl3O6. The van der Waals surface area contributed by atoms with Crippen molar-refractivity contribution >= 4 is 52.5 Å². The van der Waals surface area contributed by atoms with Crippen LogP contribution < -0.4 is 4.74 Å². The Bertz CT molecular complexity index is 1040. The molecule has 0 N–H and O–H groups in total. The Morgan fingerprint density at radius 3 is 2.44 bits per heavy atom. The van der Waals surface area contributed by atoms with E-state index in [1.807, 2.05) is 30.3 Å². The third kappa shape index (κ3) is 6.48. The van der Waals surface area contributed by atoms with Gasteiger partial charge in [0.2, 0.25) is 3.79 Å². The molecule has 1 aliphatic carbocycles. The zero-order chi connectivity index (χ0) is 23.3. The second-order valence-electron chi connectivity index (χ2n) is 7.10. The molecule has 0 fully saturated rings. The summed E-state index contributed by atoms with van der Waals surface area (Å²) in [4.78, 5) is 37.5. The lowest BCUT2D eigenvalue weighted by Crippen LogP contribution is -2.24. The molecule has 2 aromatic rings. The van der Waals surface area contributed by atoms with Gasteiger partial charge in [0.1, 0.15) is 25.1 Å². The van der Waals surface area contributed by atoms with Gasteiger partial charge in [-0.3, -0.25) is 9.59 Å². The van der Waals surface area contributed by atoms with Gasteiger partial charge >= 0.3 is 6.16 Å². The van der Waals surface area contributed by atoms with Crippen molar-refractivity contribution in [3.63, 3.8) is 0 Å². The number of fused-ring (bicyclic) bond motifs is 1. The number of rotatable bonds is 7. The van der Waals surface area contributed by atoms with Crippen molar-refractivity contribution in [3.05, 3.63) is 76.9 Å². The first-order valence-corrected chi connectivity index (χ1v) is 10.8. The normalized spacial score (nSPS) is 14.3. The average molecular weight is 498 g/mol. The minimum Gasteiger partial charge on any atom is -0.488 e. The summed E-state index contributed by atoms with van der Waals surface area (Å²) in [5.74, 6) is -0.362. The fourth-order valence-electron chi connectivity index (χ4n) is 3.14. The Hall–Kier alpha value is -2.54. The first kappa shape index (κ1) is 24.1. The number of alkyl halides is 3. The van der Waals surface area contributed by atoms with E-state index in [2.05, 4.69) is 0 Å². The molecule has 0 amide bonds. The van der Waals surface area contributed by atoms with Crippen LogP contribution in [0.4, 0.5) is 4.79 Å². The van der Waals surface area contributed by atoms with Crippen LogP contribution >= 0.6 is 34.8 Å². The molecule has 0 bridgehead atoms. The Balaban J connectivity index is 1.67. The lowest BCUT2D eigenvalue weighted by molar-refractivity contribution is 0.0301. The fourth-order valence-corrected chi connectivity index (χ4v) is 3.30. The van der Waals surface area contributed by atoms with Crippen molar-refractivity contribution in [1.82, 2.24) is 0 Å². The Kier molecular flexibility index (Phi) is 7.82. The molecule has 1 atom stereocenters. The minimum absolute atomic E-state index is 0.0159. The summed E-state index contributed by atoms with van der Waals surface area (Å²) in [6.45, 7) is 1.34. The van der Waals surface area contributed by atoms with Gasteiger partial charge in [-0.15, -0.1) is 0 Å². The fraction of sp³-hybridized carbons (Fsp3) is 0.261. The zero-order valence-corrected chi connectivity index (χ0v) is 19.2. The summed E-state index contributed by atoms with van der Waals surface area (Å²) in [6.07, 6.45) is -0.537. The predicted molar refractivity (Wildman–Crippen MR) is 121 cm³/mol. The first-order chi connectivity index (χ1) is 15.1. The summed E-state index contributed by atoms with van der Waals surface area (Å²) in [6, 6.07) is 14.4. The Morgan fingerprint density at radius 1 is 1.03 bits per heavy atom. The van der Waals surface area contributed by atoms with Gasteiger partial charge in [0.25, 0.3) is 0 Å². The number of carbonyl (C=O) groups is 3. The number of ether oxygens (including phenoxy) is 3. The molecule has 0 aromatic heterocycles. The maximum absolute atomic E-state index is 13.0. The van der Waals surface area contributed by atoms with E-state index in [0.29, 0.717) is 5.75 Å². The lowest BCUT2D eigenvalue weighted by atomic mass is 9.86. The van der Waals surface area contributed by atoms with E-state index in [0.717, 1.165) is 5.56 Å². The number of Topliss-reactive ketones (excluding diaryl/α,β-unsaturated/α-hetero) is 1. The van der Waals surface area contributed by atoms with E-state index in [-0.39, 0.29) is 41.3 Å². The largest absolute Gasteiger partial charge is 0.508 e. The zero-order valence-electron chi connectivity index (χ0n) is 17.0. The monoisotopic (exact) mass is 496 g/mol. The molecule has 0 aliphatic heterocycles. The van der Waals surface area contributed by atoms with Gasteiger partial charge in [-0.2, -0.15) is 0 Å². The van der Waals surface area contributed by atoms with Gasteiger partial charge in [-0.25, -0.2) is 4.79 Å². The van der Waals surface area contributed by atoms with E-state index in [9.17, 15) is 14.4 Å². The number of hydrogen-bond acceptors (Lipinski definition) is 6. The number of allylic oxidation sites excluding steroid dienone is 1. The van der Waals surface area contributed by atoms with E-state index >= 15 is 0 Å². The Morgan fingerprint density at radius 2 is 1.75 bits per heavy atom. The first-order valence-electron chi connectivity index (χ1n) is 9.63. The van der Waals surface area contributed by atoms with E-state index < -0.39 is 22.7 Å². The molecule has 0 saturated carbocycles. The number of halogens is 3. The van der Waals surface area contributed by atoms with Crippen LogP contribution in [-0.4, -0.2) is 34.2 Å². The maximum Gasteiger partial charge on any atom is 0.508 e. The highest BCUT2D eigenvalue weighted by molar-refractivity contribution is 6.67. The topological polar surface area (TPSA) is 78.9 Å². The van der Waals surface area contributed by atoms with Crippen LogP contribution in [0, 0.1) is 0 Å². The number of carbonyl (C=O) groups excluding carboxylic acids is 3. The van der Waals surface area contributed by atoms with Gasteiger partial charge in [-0.05, 0) is 24.6 Å². The maximum atomic E-state index is 13.0. The molecule has 6 nitrogen and oxygen atoms in total. The smallest absolute Gasteiger partial charge is 0.488 e. The second-order valence-corrected chi connectivity index (χ2v) is 9.62. The van der Waals surface area contributed by atoms with E-state index in [1.54, 1.807) is 25.1 Å². The molecule has 1 aliphatic rings. The SMILES string of the molecule is C[C@H](CC1=CC(=O)c2c(OCc3ccccc3)cccc2C1=O)OC(=O)OCC(Cl)(Cl)Cl. The highest BCUT2D eigenvalue weighted by atomic mass is 35.6. The second kappa shape index (κ2) is 10.4. The number of benzene rings is 2. The number of ketones is 2. The summed E-state index contributed by atoms with van der Waals surface area (Å²) < 4.78 is 13.8. The number of hydrogen-bond donors (Lipinski definition) is 0. The van der Waals surface area contributed by atoms with Crippen LogP contribution in [0.3, 0.4) is 0 Å². The van der Waals surface area contributed by atoms with Gasteiger partial charge in [0.05, 0.1) is 5.56 Å². The average Bonchev–Trinajstić information content (AvgIpc) is 2.74. The molecule has 32 heavy (non-hydrogen) atoms. The molecule has 0 spiro atoms. The molecule has 0 unspecified atom stereocenters. The molecule has 0 saturated heterocycles. The third-order valence-electron chi connectivity index (χ3n) is 4.51. The van der Waals surface area contributed by atoms with Crippen LogP contribution in [0.15, 0.2) is 60.2 Å². The van der Waals surface area contributed by atoms with Gasteiger partial charge < -0.3 is 14.2 Å². The quantitative estimate of drug-likeness (QED) is 0.351. The molecule has 0 radical (unpaired) electrons. The predicted octanol–water partition coefficient (Wildman–Crippen LogP) is 5.87.